The normalized spacial score (nSPS) is 11.0. The molecule has 0 aliphatic rings. The van der Waals surface area contributed by atoms with Crippen LogP contribution in [0.5, 0.6) is 0 Å². The van der Waals surface area contributed by atoms with Crippen molar-refractivity contribution in [2.24, 2.45) is 0 Å². The summed E-state index contributed by atoms with van der Waals surface area (Å²) in [7, 11) is 0. The zero-order valence-corrected chi connectivity index (χ0v) is 17.3. The van der Waals surface area contributed by atoms with E-state index in [1.807, 2.05) is 0 Å². The average Bonchev–Trinajstić information content (AvgIpc) is 3.15. The van der Waals surface area contributed by atoms with Crippen LogP contribution in [0, 0.1) is 12.7 Å². The highest BCUT2D eigenvalue weighted by Crippen LogP contribution is 2.19. The lowest BCUT2D eigenvalue weighted by Crippen LogP contribution is -2.24. The van der Waals surface area contributed by atoms with E-state index >= 15 is 0 Å². The van der Waals surface area contributed by atoms with Crippen LogP contribution < -0.4 is 10.9 Å². The van der Waals surface area contributed by atoms with E-state index in [0.717, 1.165) is 4.47 Å². The zero-order valence-electron chi connectivity index (χ0n) is 15.7. The Hall–Kier alpha value is -3.47. The van der Waals surface area contributed by atoms with Gasteiger partial charge in [0.05, 0.1) is 28.6 Å². The summed E-state index contributed by atoms with van der Waals surface area (Å²) < 4.78 is 17.7. The van der Waals surface area contributed by atoms with Crippen LogP contribution in [-0.4, -0.2) is 35.7 Å². The van der Waals surface area contributed by atoms with E-state index < -0.39 is 11.7 Å². The second kappa shape index (κ2) is 8.11. The van der Waals surface area contributed by atoms with Crippen molar-refractivity contribution in [2.75, 3.05) is 5.32 Å². The zero-order chi connectivity index (χ0) is 21.3. The molecule has 1 amide bonds. The van der Waals surface area contributed by atoms with Crippen molar-refractivity contribution in [1.82, 2.24) is 29.8 Å². The lowest BCUT2D eigenvalue weighted by Gasteiger charge is -2.10. The SMILES string of the molecule is Cc1nnnn1-c1ccc(F)c(NC(=O)CCn2cnc3ccc(Br)cc3c2=O)c1. The van der Waals surface area contributed by atoms with Gasteiger partial charge in [0.25, 0.3) is 5.56 Å². The summed E-state index contributed by atoms with van der Waals surface area (Å²) in [6, 6.07) is 9.39. The molecule has 2 aromatic heterocycles. The number of carbonyl (C=O) groups is 1. The van der Waals surface area contributed by atoms with Gasteiger partial charge in [-0.2, -0.15) is 4.68 Å². The van der Waals surface area contributed by atoms with Crippen LogP contribution >= 0.6 is 15.9 Å². The van der Waals surface area contributed by atoms with Crippen LogP contribution in [0.2, 0.25) is 0 Å². The maximum Gasteiger partial charge on any atom is 0.261 e. The quantitative estimate of drug-likeness (QED) is 0.479. The molecule has 4 aromatic rings. The van der Waals surface area contributed by atoms with E-state index in [4.69, 9.17) is 0 Å². The molecule has 1 N–H and O–H groups in total. The second-order valence-corrected chi connectivity index (χ2v) is 7.42. The number of amides is 1. The maximum absolute atomic E-state index is 14.2. The van der Waals surface area contributed by atoms with Gasteiger partial charge in [0.15, 0.2) is 5.82 Å². The van der Waals surface area contributed by atoms with Crippen LogP contribution in [-0.2, 0) is 11.3 Å². The van der Waals surface area contributed by atoms with Crippen LogP contribution in [0.3, 0.4) is 0 Å². The lowest BCUT2D eigenvalue weighted by atomic mass is 10.2. The van der Waals surface area contributed by atoms with Crippen molar-refractivity contribution >= 4 is 38.4 Å². The Morgan fingerprint density at radius 3 is 2.83 bits per heavy atom. The van der Waals surface area contributed by atoms with Crippen molar-refractivity contribution < 1.29 is 9.18 Å². The van der Waals surface area contributed by atoms with E-state index in [9.17, 15) is 14.0 Å². The number of fused-ring (bicyclic) bond motifs is 1. The number of hydrogen-bond acceptors (Lipinski definition) is 6. The first kappa shape index (κ1) is 19.8. The second-order valence-electron chi connectivity index (χ2n) is 6.50. The molecule has 0 aliphatic heterocycles. The molecule has 4 rings (SSSR count). The molecule has 0 bridgehead atoms. The third-order valence-electron chi connectivity index (χ3n) is 4.46. The monoisotopic (exact) mass is 471 g/mol. The summed E-state index contributed by atoms with van der Waals surface area (Å²) in [5.74, 6) is -0.512. The third-order valence-corrected chi connectivity index (χ3v) is 4.95. The van der Waals surface area contributed by atoms with Gasteiger partial charge in [-0.3, -0.25) is 14.2 Å². The van der Waals surface area contributed by atoms with Crippen LogP contribution in [0.25, 0.3) is 16.6 Å². The number of nitrogens with zero attached hydrogens (tertiary/aromatic N) is 6. The first-order chi connectivity index (χ1) is 14.4. The summed E-state index contributed by atoms with van der Waals surface area (Å²) in [6.45, 7) is 1.81. The van der Waals surface area contributed by atoms with E-state index in [1.54, 1.807) is 25.1 Å². The predicted octanol–water partition coefficient (Wildman–Crippen LogP) is 2.61. The Morgan fingerprint density at radius 2 is 2.07 bits per heavy atom. The summed E-state index contributed by atoms with van der Waals surface area (Å²) in [5, 5.41) is 14.1. The van der Waals surface area contributed by atoms with Crippen LogP contribution in [0.15, 0.2) is 52.0 Å². The van der Waals surface area contributed by atoms with Crippen molar-refractivity contribution in [3.05, 3.63) is 69.2 Å². The van der Waals surface area contributed by atoms with E-state index in [0.29, 0.717) is 22.4 Å². The summed E-state index contributed by atoms with van der Waals surface area (Å²) in [6.07, 6.45) is 1.36. The van der Waals surface area contributed by atoms with Crippen molar-refractivity contribution in [1.29, 1.82) is 0 Å². The number of halogens is 2. The summed E-state index contributed by atoms with van der Waals surface area (Å²) in [5.41, 5.74) is 0.826. The largest absolute Gasteiger partial charge is 0.323 e. The molecule has 0 atom stereocenters. The molecule has 0 unspecified atom stereocenters. The first-order valence-electron chi connectivity index (χ1n) is 8.92. The number of rotatable bonds is 5. The van der Waals surface area contributed by atoms with E-state index in [1.165, 1.54) is 33.8 Å². The number of aryl methyl sites for hydroxylation is 2. The Morgan fingerprint density at radius 1 is 1.23 bits per heavy atom. The Labute approximate surface area is 177 Å². The number of benzene rings is 2. The van der Waals surface area contributed by atoms with Gasteiger partial charge < -0.3 is 5.32 Å². The Balaban J connectivity index is 1.49. The maximum atomic E-state index is 14.2. The van der Waals surface area contributed by atoms with Gasteiger partial charge in [-0.1, -0.05) is 15.9 Å². The molecule has 11 heteroatoms. The minimum Gasteiger partial charge on any atom is -0.323 e. The molecule has 2 aromatic carbocycles. The van der Waals surface area contributed by atoms with Gasteiger partial charge in [0, 0.05) is 17.4 Å². The molecule has 0 aliphatic carbocycles. The number of nitrogens with one attached hydrogen (secondary N) is 1. The van der Waals surface area contributed by atoms with Gasteiger partial charge in [-0.05, 0) is 53.7 Å². The number of carbonyl (C=O) groups excluding carboxylic acids is 1. The van der Waals surface area contributed by atoms with Crippen LogP contribution in [0.1, 0.15) is 12.2 Å². The molecule has 0 spiro atoms. The molecule has 0 saturated carbocycles. The molecule has 0 radical (unpaired) electrons. The summed E-state index contributed by atoms with van der Waals surface area (Å²) >= 11 is 3.33. The predicted molar refractivity (Wildman–Crippen MR) is 111 cm³/mol. The fourth-order valence-electron chi connectivity index (χ4n) is 2.94. The topological polar surface area (TPSA) is 108 Å². The standard InChI is InChI=1S/C19H15BrFN7O2/c1-11-24-25-26-28(11)13-3-4-15(21)17(9-13)23-18(29)6-7-27-10-22-16-5-2-12(20)8-14(16)19(27)30/h2-5,8-10H,6-7H2,1H3,(H,23,29). The number of tetrazole rings is 1. The van der Waals surface area contributed by atoms with E-state index in [2.05, 4.69) is 41.8 Å². The van der Waals surface area contributed by atoms with Crippen LogP contribution in [0.4, 0.5) is 10.1 Å². The molecular weight excluding hydrogens is 457 g/mol. The molecule has 0 fully saturated rings. The van der Waals surface area contributed by atoms with Gasteiger partial charge in [-0.15, -0.1) is 5.10 Å². The van der Waals surface area contributed by atoms with Gasteiger partial charge >= 0.3 is 0 Å². The third kappa shape index (κ3) is 3.96. The first-order valence-corrected chi connectivity index (χ1v) is 9.71. The minimum atomic E-state index is -0.591. The molecule has 30 heavy (non-hydrogen) atoms. The highest BCUT2D eigenvalue weighted by atomic mass is 79.9. The molecular formula is C19H15BrFN7O2. The fourth-order valence-corrected chi connectivity index (χ4v) is 3.30. The van der Waals surface area contributed by atoms with Crippen molar-refractivity contribution in [3.8, 4) is 5.69 Å². The molecule has 0 saturated heterocycles. The van der Waals surface area contributed by atoms with E-state index in [-0.39, 0.29) is 24.2 Å². The highest BCUT2D eigenvalue weighted by molar-refractivity contribution is 9.10. The Kier molecular flexibility index (Phi) is 5.36. The number of aromatic nitrogens is 6. The lowest BCUT2D eigenvalue weighted by molar-refractivity contribution is -0.116. The molecule has 152 valence electrons. The fraction of sp³-hybridized carbons (Fsp3) is 0.158. The summed E-state index contributed by atoms with van der Waals surface area (Å²) in [4.78, 5) is 29.2. The molecule has 2 heterocycles. The smallest absolute Gasteiger partial charge is 0.261 e. The average molecular weight is 472 g/mol. The molecule has 9 nitrogen and oxygen atoms in total. The van der Waals surface area contributed by atoms with Crippen molar-refractivity contribution in [3.63, 3.8) is 0 Å². The van der Waals surface area contributed by atoms with Gasteiger partial charge in [-0.25, -0.2) is 9.37 Å². The Bertz CT molecular complexity index is 1320. The number of hydrogen-bond donors (Lipinski definition) is 1. The van der Waals surface area contributed by atoms with Gasteiger partial charge in [0.1, 0.15) is 5.82 Å². The highest BCUT2D eigenvalue weighted by Gasteiger charge is 2.12. The van der Waals surface area contributed by atoms with Crippen molar-refractivity contribution in [2.45, 2.75) is 19.9 Å². The minimum absolute atomic E-state index is 0.000291. The number of anilines is 1. The van der Waals surface area contributed by atoms with Gasteiger partial charge in [0.2, 0.25) is 5.91 Å².